The largest absolute Gasteiger partial charge is 0.297 e. The molecule has 0 heterocycles. The van der Waals surface area contributed by atoms with Gasteiger partial charge in [0.15, 0.2) is 17.5 Å². The lowest BCUT2D eigenvalue weighted by Crippen LogP contribution is -2.41. The number of halogens is 1. The average molecular weight is 321 g/mol. The highest BCUT2D eigenvalue weighted by molar-refractivity contribution is 6.31. The van der Waals surface area contributed by atoms with Crippen LogP contribution in [0.25, 0.3) is 0 Å². The van der Waals surface area contributed by atoms with Crippen molar-refractivity contribution in [2.24, 2.45) is 11.3 Å². The second-order valence-corrected chi connectivity index (χ2v) is 6.06. The maximum atomic E-state index is 12.4. The summed E-state index contributed by atoms with van der Waals surface area (Å²) >= 11 is 5.70. The molecule has 114 valence electrons. The molecule has 22 heavy (non-hydrogen) atoms. The van der Waals surface area contributed by atoms with E-state index < -0.39 is 33.5 Å². The van der Waals surface area contributed by atoms with Crippen molar-refractivity contribution in [1.29, 1.82) is 5.26 Å². The van der Waals surface area contributed by atoms with E-state index in [-0.39, 0.29) is 10.6 Å². The highest BCUT2D eigenvalue weighted by atomic mass is 35.5. The second kappa shape index (κ2) is 5.85. The molecule has 1 aromatic carbocycles. The summed E-state index contributed by atoms with van der Waals surface area (Å²) in [5.74, 6) is -2.83. The molecule has 1 aliphatic rings. The van der Waals surface area contributed by atoms with Gasteiger partial charge >= 0.3 is 0 Å². The lowest BCUT2D eigenvalue weighted by molar-refractivity contribution is -0.385. The van der Waals surface area contributed by atoms with Crippen LogP contribution in [0.5, 0.6) is 0 Å². The minimum atomic E-state index is -1.52. The minimum absolute atomic E-state index is 0.106. The Morgan fingerprint density at radius 2 is 2.09 bits per heavy atom. The van der Waals surface area contributed by atoms with Crippen molar-refractivity contribution in [3.8, 4) is 6.07 Å². The number of hydrogen-bond acceptors (Lipinski definition) is 5. The van der Waals surface area contributed by atoms with Crippen molar-refractivity contribution in [3.05, 3.63) is 38.9 Å². The molecule has 0 aliphatic heterocycles. The van der Waals surface area contributed by atoms with Crippen molar-refractivity contribution in [2.75, 3.05) is 0 Å². The molecule has 0 aromatic heterocycles. The van der Waals surface area contributed by atoms with Crippen molar-refractivity contribution in [1.82, 2.24) is 0 Å². The Bertz CT molecular complexity index is 704. The van der Waals surface area contributed by atoms with Gasteiger partial charge in [-0.15, -0.1) is 0 Å². The maximum absolute atomic E-state index is 12.4. The number of benzene rings is 1. The predicted molar refractivity (Wildman–Crippen MR) is 78.5 cm³/mol. The molecule has 0 saturated heterocycles. The van der Waals surface area contributed by atoms with E-state index in [9.17, 15) is 25.0 Å². The third-order valence-corrected chi connectivity index (χ3v) is 4.36. The van der Waals surface area contributed by atoms with Crippen molar-refractivity contribution in [3.63, 3.8) is 0 Å². The molecule has 0 N–H and O–H groups in total. The van der Waals surface area contributed by atoms with Gasteiger partial charge in [-0.05, 0) is 25.0 Å². The van der Waals surface area contributed by atoms with Crippen LogP contribution in [0.2, 0.25) is 5.02 Å². The molecular weight excluding hydrogens is 308 g/mol. The van der Waals surface area contributed by atoms with E-state index in [1.807, 2.05) is 0 Å². The van der Waals surface area contributed by atoms with Crippen LogP contribution in [-0.4, -0.2) is 16.5 Å². The van der Waals surface area contributed by atoms with Crippen LogP contribution >= 0.6 is 11.6 Å². The van der Waals surface area contributed by atoms with E-state index in [2.05, 4.69) is 0 Å². The third kappa shape index (κ3) is 2.72. The zero-order valence-electron chi connectivity index (χ0n) is 11.8. The number of nitrogens with zero attached hydrogens (tertiary/aromatic N) is 2. The number of nitriles is 1. The molecule has 0 spiro atoms. The van der Waals surface area contributed by atoms with Gasteiger partial charge in [0, 0.05) is 16.5 Å². The fourth-order valence-electron chi connectivity index (χ4n) is 2.56. The van der Waals surface area contributed by atoms with Crippen molar-refractivity contribution >= 4 is 28.9 Å². The van der Waals surface area contributed by atoms with Crippen molar-refractivity contribution in [2.45, 2.75) is 26.2 Å². The summed E-state index contributed by atoms with van der Waals surface area (Å²) in [6, 6.07) is 5.25. The van der Waals surface area contributed by atoms with Crippen LogP contribution in [0, 0.1) is 32.8 Å². The predicted octanol–water partition coefficient (Wildman–Crippen LogP) is 3.33. The Morgan fingerprint density at radius 3 is 2.55 bits per heavy atom. The average Bonchev–Trinajstić information content (AvgIpc) is 2.44. The minimum Gasteiger partial charge on any atom is -0.297 e. The Labute approximate surface area is 131 Å². The van der Waals surface area contributed by atoms with E-state index in [0.717, 1.165) is 12.5 Å². The first kappa shape index (κ1) is 16.1. The quantitative estimate of drug-likeness (QED) is 0.358. The summed E-state index contributed by atoms with van der Waals surface area (Å²) in [4.78, 5) is 35.2. The van der Waals surface area contributed by atoms with Crippen LogP contribution < -0.4 is 0 Å². The van der Waals surface area contributed by atoms with Gasteiger partial charge in [0.1, 0.15) is 0 Å². The Morgan fingerprint density at radius 1 is 1.45 bits per heavy atom. The molecule has 1 aliphatic carbocycles. The zero-order chi connectivity index (χ0) is 16.5. The molecule has 1 aromatic rings. The first-order chi connectivity index (χ1) is 10.3. The molecule has 6 nitrogen and oxygen atoms in total. The fourth-order valence-corrected chi connectivity index (χ4v) is 2.72. The Kier molecular flexibility index (Phi) is 4.29. The molecule has 0 bridgehead atoms. The lowest BCUT2D eigenvalue weighted by atomic mass is 9.64. The van der Waals surface area contributed by atoms with Gasteiger partial charge in [-0.3, -0.25) is 19.7 Å². The van der Waals surface area contributed by atoms with Crippen LogP contribution in [0.4, 0.5) is 5.69 Å². The van der Waals surface area contributed by atoms with Crippen LogP contribution in [0.15, 0.2) is 18.2 Å². The van der Waals surface area contributed by atoms with Crippen LogP contribution in [0.3, 0.4) is 0 Å². The molecule has 0 radical (unpaired) electrons. The van der Waals surface area contributed by atoms with Gasteiger partial charge in [-0.25, -0.2) is 0 Å². The number of hydrogen-bond donors (Lipinski definition) is 0. The van der Waals surface area contributed by atoms with E-state index in [4.69, 9.17) is 11.6 Å². The number of nitro benzene ring substituents is 1. The number of Topliss-reactive ketones (excluding diaryl/α,β-unsaturated/α-hetero) is 2. The van der Waals surface area contributed by atoms with Crippen molar-refractivity contribution < 1.29 is 14.5 Å². The zero-order valence-corrected chi connectivity index (χ0v) is 12.6. The standard InChI is InChI=1S/C15H13ClN2O4/c1-15(5-2-6-15)14(20)11(8-17)13(19)10-4-3-9(16)7-12(10)18(21)22/h3-4,7,11H,2,5-6H2,1H3. The second-order valence-electron chi connectivity index (χ2n) is 5.62. The van der Waals surface area contributed by atoms with Crippen LogP contribution in [-0.2, 0) is 4.79 Å². The Balaban J connectivity index is 2.40. The third-order valence-electron chi connectivity index (χ3n) is 4.13. The van der Waals surface area contributed by atoms with E-state index in [0.29, 0.717) is 12.8 Å². The van der Waals surface area contributed by atoms with E-state index in [1.54, 1.807) is 13.0 Å². The van der Waals surface area contributed by atoms with Gasteiger partial charge in [0.2, 0.25) is 0 Å². The van der Waals surface area contributed by atoms with E-state index in [1.165, 1.54) is 12.1 Å². The van der Waals surface area contributed by atoms with E-state index >= 15 is 0 Å². The summed E-state index contributed by atoms with van der Waals surface area (Å²) in [7, 11) is 0. The molecule has 1 fully saturated rings. The summed E-state index contributed by atoms with van der Waals surface area (Å²) in [5, 5.41) is 20.4. The molecule has 1 atom stereocenters. The number of ketones is 2. The smallest absolute Gasteiger partial charge is 0.281 e. The van der Waals surface area contributed by atoms with Gasteiger partial charge in [0.25, 0.3) is 5.69 Å². The summed E-state index contributed by atoms with van der Waals surface area (Å²) < 4.78 is 0. The fraction of sp³-hybridized carbons (Fsp3) is 0.400. The summed E-state index contributed by atoms with van der Waals surface area (Å²) in [6.45, 7) is 1.72. The topological polar surface area (TPSA) is 101 Å². The van der Waals surface area contributed by atoms with Gasteiger partial charge < -0.3 is 0 Å². The number of rotatable bonds is 5. The number of carbonyl (C=O) groups excluding carboxylic acids is 2. The molecule has 1 unspecified atom stereocenters. The number of nitro groups is 1. The van der Waals surface area contributed by atoms with Crippen LogP contribution in [0.1, 0.15) is 36.5 Å². The van der Waals surface area contributed by atoms with Gasteiger partial charge in [0.05, 0.1) is 16.6 Å². The molecular formula is C15H13ClN2O4. The SMILES string of the molecule is CC1(C(=O)C(C#N)C(=O)c2ccc(Cl)cc2[N+](=O)[O-])CCC1. The molecule has 2 rings (SSSR count). The first-order valence-corrected chi connectivity index (χ1v) is 7.10. The highest BCUT2D eigenvalue weighted by Crippen LogP contribution is 2.43. The Hall–Kier alpha value is -2.26. The highest BCUT2D eigenvalue weighted by Gasteiger charge is 2.45. The first-order valence-electron chi connectivity index (χ1n) is 6.72. The normalized spacial score (nSPS) is 17.0. The molecule has 1 saturated carbocycles. The summed E-state index contributed by atoms with van der Waals surface area (Å²) in [5.41, 5.74) is -1.45. The monoisotopic (exact) mass is 320 g/mol. The maximum Gasteiger partial charge on any atom is 0.281 e. The molecule has 7 heteroatoms. The van der Waals surface area contributed by atoms with Gasteiger partial charge in [-0.1, -0.05) is 24.9 Å². The van der Waals surface area contributed by atoms with Gasteiger partial charge in [-0.2, -0.15) is 5.26 Å². The lowest BCUT2D eigenvalue weighted by Gasteiger charge is -2.37. The summed E-state index contributed by atoms with van der Waals surface area (Å²) in [6.07, 6.45) is 2.12. The molecule has 0 amide bonds. The number of carbonyl (C=O) groups is 2.